The highest BCUT2D eigenvalue weighted by molar-refractivity contribution is 8.00. The monoisotopic (exact) mass is 369 g/mol. The van der Waals surface area contributed by atoms with Gasteiger partial charge in [0.25, 0.3) is 0 Å². The largest absolute Gasteiger partial charge is 0.300 e. The van der Waals surface area contributed by atoms with Gasteiger partial charge in [-0.05, 0) is 56.0 Å². The molecule has 26 heavy (non-hydrogen) atoms. The summed E-state index contributed by atoms with van der Waals surface area (Å²) in [6.07, 6.45) is 4.94. The molecule has 0 aliphatic carbocycles. The standard InChI is InChI=1S/C22H27NO2S/c1-23-19-10-11-20(23)15-22(14-19,16-25-24-2)26-21-12-8-18(9-13-21)17-6-4-3-5-7-17/h3-9,12-13,19-20H,10-11,14-16H2,1-2H3. The van der Waals surface area contributed by atoms with Gasteiger partial charge < -0.3 is 4.90 Å². The van der Waals surface area contributed by atoms with Crippen molar-refractivity contribution in [2.75, 3.05) is 20.8 Å². The van der Waals surface area contributed by atoms with Gasteiger partial charge in [-0.25, -0.2) is 9.78 Å². The van der Waals surface area contributed by atoms with E-state index in [1.165, 1.54) is 28.9 Å². The maximum atomic E-state index is 5.46. The molecular formula is C22H27NO2S. The lowest BCUT2D eigenvalue weighted by molar-refractivity contribution is -0.278. The Balaban J connectivity index is 1.53. The van der Waals surface area contributed by atoms with Crippen LogP contribution < -0.4 is 0 Å². The number of rotatable bonds is 6. The van der Waals surface area contributed by atoms with Crippen LogP contribution in [-0.2, 0) is 9.78 Å². The van der Waals surface area contributed by atoms with Crippen molar-refractivity contribution in [3.8, 4) is 11.1 Å². The van der Waals surface area contributed by atoms with Crippen LogP contribution >= 0.6 is 11.8 Å². The molecule has 2 fully saturated rings. The summed E-state index contributed by atoms with van der Waals surface area (Å²) in [5.41, 5.74) is 2.53. The molecule has 0 aromatic heterocycles. The molecule has 3 nitrogen and oxygen atoms in total. The van der Waals surface area contributed by atoms with Gasteiger partial charge in [-0.3, -0.25) is 0 Å². The average molecular weight is 370 g/mol. The maximum absolute atomic E-state index is 5.46. The number of benzene rings is 2. The third-order valence-electron chi connectivity index (χ3n) is 5.94. The fourth-order valence-corrected chi connectivity index (χ4v) is 5.95. The Labute approximate surface area is 160 Å². The molecule has 2 bridgehead atoms. The zero-order valence-electron chi connectivity index (χ0n) is 15.6. The summed E-state index contributed by atoms with van der Waals surface area (Å²) in [4.78, 5) is 14.3. The highest BCUT2D eigenvalue weighted by atomic mass is 32.2. The van der Waals surface area contributed by atoms with Crippen LogP contribution in [0.3, 0.4) is 0 Å². The van der Waals surface area contributed by atoms with Crippen LogP contribution in [-0.4, -0.2) is 42.5 Å². The molecule has 0 saturated carbocycles. The fourth-order valence-electron chi connectivity index (χ4n) is 4.52. The van der Waals surface area contributed by atoms with Crippen molar-refractivity contribution >= 4 is 11.8 Å². The second-order valence-electron chi connectivity index (χ2n) is 7.56. The maximum Gasteiger partial charge on any atom is 0.0973 e. The van der Waals surface area contributed by atoms with Crippen LogP contribution in [0.1, 0.15) is 25.7 Å². The Morgan fingerprint density at radius 1 is 0.962 bits per heavy atom. The van der Waals surface area contributed by atoms with Crippen molar-refractivity contribution in [1.82, 2.24) is 4.90 Å². The number of nitrogens with zero attached hydrogens (tertiary/aromatic N) is 1. The molecule has 2 aromatic rings. The fraction of sp³-hybridized carbons (Fsp3) is 0.455. The highest BCUT2D eigenvalue weighted by Gasteiger charge is 2.47. The van der Waals surface area contributed by atoms with Gasteiger partial charge in [-0.15, -0.1) is 11.8 Å². The minimum Gasteiger partial charge on any atom is -0.300 e. The Kier molecular flexibility index (Phi) is 5.37. The molecule has 4 rings (SSSR count). The van der Waals surface area contributed by atoms with Gasteiger partial charge in [0.1, 0.15) is 0 Å². The third kappa shape index (κ3) is 3.70. The van der Waals surface area contributed by atoms with Crippen molar-refractivity contribution in [1.29, 1.82) is 0 Å². The molecule has 2 heterocycles. The van der Waals surface area contributed by atoms with Gasteiger partial charge in [0.05, 0.1) is 18.5 Å². The molecule has 0 amide bonds. The number of thioether (sulfide) groups is 1. The predicted molar refractivity (Wildman–Crippen MR) is 107 cm³/mol. The van der Waals surface area contributed by atoms with Crippen LogP contribution in [0, 0.1) is 0 Å². The van der Waals surface area contributed by atoms with E-state index in [1.807, 2.05) is 11.8 Å². The van der Waals surface area contributed by atoms with Gasteiger partial charge in [0.2, 0.25) is 0 Å². The van der Waals surface area contributed by atoms with E-state index in [9.17, 15) is 0 Å². The van der Waals surface area contributed by atoms with Crippen LogP contribution in [0.15, 0.2) is 59.5 Å². The Morgan fingerprint density at radius 2 is 1.58 bits per heavy atom. The molecule has 2 saturated heterocycles. The molecule has 0 radical (unpaired) electrons. The minimum absolute atomic E-state index is 0.0998. The zero-order valence-corrected chi connectivity index (χ0v) is 16.4. The molecule has 2 aliphatic heterocycles. The zero-order chi connectivity index (χ0) is 18.0. The summed E-state index contributed by atoms with van der Waals surface area (Å²) in [7, 11) is 3.89. The van der Waals surface area contributed by atoms with Crippen molar-refractivity contribution in [3.05, 3.63) is 54.6 Å². The van der Waals surface area contributed by atoms with Crippen LogP contribution in [0.4, 0.5) is 0 Å². The number of fused-ring (bicyclic) bond motifs is 2. The van der Waals surface area contributed by atoms with Crippen LogP contribution in [0.2, 0.25) is 0 Å². The van der Waals surface area contributed by atoms with Crippen molar-refractivity contribution in [3.63, 3.8) is 0 Å². The normalized spacial score (nSPS) is 28.4. The summed E-state index contributed by atoms with van der Waals surface area (Å²) in [6.45, 7) is 0.648. The van der Waals surface area contributed by atoms with Gasteiger partial charge >= 0.3 is 0 Å². The lowest BCUT2D eigenvalue weighted by Gasteiger charge is -2.44. The number of hydrogen-bond donors (Lipinski definition) is 0. The van der Waals surface area contributed by atoms with Crippen LogP contribution in [0.5, 0.6) is 0 Å². The van der Waals surface area contributed by atoms with Crippen molar-refractivity contribution in [2.45, 2.75) is 47.4 Å². The molecule has 0 N–H and O–H groups in total. The molecule has 0 spiro atoms. The lowest BCUT2D eigenvalue weighted by atomic mass is 9.91. The molecule has 2 aromatic carbocycles. The SMILES string of the molecule is COOCC1(Sc2ccc(-c3ccccc3)cc2)CC2CCC(C1)N2C. The van der Waals surface area contributed by atoms with Crippen molar-refractivity contribution in [2.24, 2.45) is 0 Å². The van der Waals surface area contributed by atoms with E-state index in [2.05, 4.69) is 66.5 Å². The number of hydrogen-bond acceptors (Lipinski definition) is 4. The highest BCUT2D eigenvalue weighted by Crippen LogP contribution is 2.49. The van der Waals surface area contributed by atoms with E-state index >= 15 is 0 Å². The van der Waals surface area contributed by atoms with Crippen LogP contribution in [0.25, 0.3) is 11.1 Å². The van der Waals surface area contributed by atoms with Gasteiger partial charge in [-0.2, -0.15) is 0 Å². The molecular weight excluding hydrogens is 342 g/mol. The molecule has 138 valence electrons. The Hall–Kier alpha value is -1.33. The first kappa shape index (κ1) is 18.1. The first-order chi connectivity index (χ1) is 12.7. The molecule has 2 atom stereocenters. The quantitative estimate of drug-likeness (QED) is 0.526. The van der Waals surface area contributed by atoms with E-state index in [0.29, 0.717) is 18.7 Å². The summed E-state index contributed by atoms with van der Waals surface area (Å²) in [5.74, 6) is 0. The summed E-state index contributed by atoms with van der Waals surface area (Å²) < 4.78 is 0.0998. The van der Waals surface area contributed by atoms with E-state index in [0.717, 1.165) is 12.8 Å². The van der Waals surface area contributed by atoms with Crippen molar-refractivity contribution < 1.29 is 9.78 Å². The van der Waals surface area contributed by atoms with E-state index in [1.54, 1.807) is 7.11 Å². The number of piperidine rings is 1. The molecule has 4 heteroatoms. The van der Waals surface area contributed by atoms with Gasteiger partial charge in [-0.1, -0.05) is 42.5 Å². The first-order valence-electron chi connectivity index (χ1n) is 9.41. The van der Waals surface area contributed by atoms with E-state index < -0.39 is 0 Å². The Morgan fingerprint density at radius 3 is 2.19 bits per heavy atom. The Bertz CT molecular complexity index is 705. The minimum atomic E-state index is 0.0998. The summed E-state index contributed by atoms with van der Waals surface area (Å²) >= 11 is 1.97. The third-order valence-corrected chi connectivity index (χ3v) is 7.33. The summed E-state index contributed by atoms with van der Waals surface area (Å²) in [6, 6.07) is 20.8. The topological polar surface area (TPSA) is 21.7 Å². The van der Waals surface area contributed by atoms with Gasteiger partial charge in [0, 0.05) is 17.0 Å². The smallest absolute Gasteiger partial charge is 0.0973 e. The average Bonchev–Trinajstić information content (AvgIpc) is 2.90. The predicted octanol–water partition coefficient (Wildman–Crippen LogP) is 5.02. The second kappa shape index (κ2) is 7.73. The molecule has 2 aliphatic rings. The van der Waals surface area contributed by atoms with E-state index in [4.69, 9.17) is 9.78 Å². The first-order valence-corrected chi connectivity index (χ1v) is 10.2. The van der Waals surface area contributed by atoms with Gasteiger partial charge in [0.15, 0.2) is 0 Å². The second-order valence-corrected chi connectivity index (χ2v) is 9.10. The summed E-state index contributed by atoms with van der Waals surface area (Å²) in [5, 5.41) is 0. The lowest BCUT2D eigenvalue weighted by Crippen LogP contribution is -2.49. The molecule has 2 unspecified atom stereocenters. The van der Waals surface area contributed by atoms with E-state index in [-0.39, 0.29) is 4.75 Å².